The summed E-state index contributed by atoms with van der Waals surface area (Å²) in [5.41, 5.74) is 8.15. The van der Waals surface area contributed by atoms with Crippen molar-refractivity contribution >= 4 is 17.2 Å². The van der Waals surface area contributed by atoms with E-state index < -0.39 is 0 Å². The van der Waals surface area contributed by atoms with Crippen LogP contribution in [0.5, 0.6) is 5.88 Å². The van der Waals surface area contributed by atoms with Gasteiger partial charge in [0.1, 0.15) is 11.5 Å². The average molecular weight is 384 g/mol. The Balaban J connectivity index is 1.66. The number of nitrogens with zero attached hydrogens (tertiary/aromatic N) is 4. The van der Waals surface area contributed by atoms with E-state index in [0.717, 1.165) is 36.2 Å². The Hall–Kier alpha value is -3.34. The first-order valence-corrected chi connectivity index (χ1v) is 10.0. The summed E-state index contributed by atoms with van der Waals surface area (Å²) >= 11 is 0. The lowest BCUT2D eigenvalue weighted by Gasteiger charge is -2.30. The molecule has 0 N–H and O–H groups in total. The SMILES string of the molecule is COc1ccc(-c2ccc3nc4c(n3c2)N(c2cc(C)ccc2C)CCC4)cn1. The molecule has 1 aromatic carbocycles. The summed E-state index contributed by atoms with van der Waals surface area (Å²) in [5.74, 6) is 1.80. The van der Waals surface area contributed by atoms with E-state index in [1.807, 2.05) is 18.3 Å². The Morgan fingerprint density at radius 2 is 1.86 bits per heavy atom. The molecule has 0 fully saturated rings. The molecule has 1 aliphatic rings. The molecule has 5 rings (SSSR count). The summed E-state index contributed by atoms with van der Waals surface area (Å²) < 4.78 is 7.42. The lowest BCUT2D eigenvalue weighted by molar-refractivity contribution is 0.398. The molecular formula is C24H24N4O. The largest absolute Gasteiger partial charge is 0.481 e. The quantitative estimate of drug-likeness (QED) is 0.492. The van der Waals surface area contributed by atoms with Gasteiger partial charge in [0.2, 0.25) is 5.88 Å². The van der Waals surface area contributed by atoms with Gasteiger partial charge in [-0.15, -0.1) is 0 Å². The molecule has 5 nitrogen and oxygen atoms in total. The molecule has 0 unspecified atom stereocenters. The van der Waals surface area contributed by atoms with Gasteiger partial charge in [-0.1, -0.05) is 12.1 Å². The monoisotopic (exact) mass is 384 g/mol. The second-order valence-corrected chi connectivity index (χ2v) is 7.66. The minimum atomic E-state index is 0.621. The van der Waals surface area contributed by atoms with Crippen molar-refractivity contribution < 1.29 is 4.74 Å². The van der Waals surface area contributed by atoms with Crippen LogP contribution in [0.4, 0.5) is 11.5 Å². The summed E-state index contributed by atoms with van der Waals surface area (Å²) in [4.78, 5) is 11.7. The van der Waals surface area contributed by atoms with Gasteiger partial charge in [0.25, 0.3) is 0 Å². The maximum Gasteiger partial charge on any atom is 0.212 e. The Labute approximate surface area is 170 Å². The topological polar surface area (TPSA) is 42.7 Å². The fourth-order valence-electron chi connectivity index (χ4n) is 4.13. The zero-order chi connectivity index (χ0) is 20.0. The number of hydrogen-bond donors (Lipinski definition) is 0. The number of benzene rings is 1. The lowest BCUT2D eigenvalue weighted by atomic mass is 10.1. The molecular weight excluding hydrogens is 360 g/mol. The molecule has 5 heteroatoms. The summed E-state index contributed by atoms with van der Waals surface area (Å²) in [6, 6.07) is 14.8. The van der Waals surface area contributed by atoms with Crippen LogP contribution in [0.25, 0.3) is 16.8 Å². The first kappa shape index (κ1) is 17.7. The van der Waals surface area contributed by atoms with Crippen LogP contribution < -0.4 is 9.64 Å². The lowest BCUT2D eigenvalue weighted by Crippen LogP contribution is -2.26. The molecule has 0 spiro atoms. The molecule has 29 heavy (non-hydrogen) atoms. The molecule has 0 atom stereocenters. The highest BCUT2D eigenvalue weighted by Gasteiger charge is 2.25. The number of rotatable bonds is 3. The van der Waals surface area contributed by atoms with Gasteiger partial charge in [0, 0.05) is 41.8 Å². The number of ether oxygens (including phenoxy) is 1. The van der Waals surface area contributed by atoms with Crippen LogP contribution in [0.2, 0.25) is 0 Å². The van der Waals surface area contributed by atoms with Crippen molar-refractivity contribution in [1.82, 2.24) is 14.4 Å². The standard InChI is InChI=1S/C24H24N4O/c1-16-6-7-17(2)21(13-16)27-12-4-5-20-24(27)28-15-19(8-10-22(28)26-20)18-9-11-23(29-3)25-14-18/h6-11,13-15H,4-5,12H2,1-3H3. The molecule has 0 saturated heterocycles. The third kappa shape index (κ3) is 3.03. The van der Waals surface area contributed by atoms with Gasteiger partial charge >= 0.3 is 0 Å². The number of aryl methyl sites for hydroxylation is 3. The molecule has 3 aromatic heterocycles. The Morgan fingerprint density at radius 1 is 1.00 bits per heavy atom. The minimum Gasteiger partial charge on any atom is -0.481 e. The fourth-order valence-corrected chi connectivity index (χ4v) is 4.13. The highest BCUT2D eigenvalue weighted by molar-refractivity contribution is 5.73. The summed E-state index contributed by atoms with van der Waals surface area (Å²) in [6.07, 6.45) is 6.15. The Bertz CT molecular complexity index is 1190. The van der Waals surface area contributed by atoms with Gasteiger partial charge < -0.3 is 9.64 Å². The molecule has 0 aliphatic carbocycles. The van der Waals surface area contributed by atoms with Crippen LogP contribution >= 0.6 is 0 Å². The van der Waals surface area contributed by atoms with Crippen molar-refractivity contribution in [1.29, 1.82) is 0 Å². The van der Waals surface area contributed by atoms with Crippen LogP contribution in [0.3, 0.4) is 0 Å². The van der Waals surface area contributed by atoms with Crippen molar-refractivity contribution in [3.8, 4) is 17.0 Å². The molecule has 0 bridgehead atoms. The molecule has 0 saturated carbocycles. The van der Waals surface area contributed by atoms with E-state index in [4.69, 9.17) is 9.72 Å². The predicted octanol–water partition coefficient (Wildman–Crippen LogP) is 5.11. The van der Waals surface area contributed by atoms with Crippen molar-refractivity contribution in [3.05, 3.63) is 71.7 Å². The van der Waals surface area contributed by atoms with E-state index in [1.54, 1.807) is 7.11 Å². The molecule has 0 amide bonds. The van der Waals surface area contributed by atoms with E-state index in [9.17, 15) is 0 Å². The first-order valence-electron chi connectivity index (χ1n) is 10.0. The fraction of sp³-hybridized carbons (Fsp3) is 0.250. The van der Waals surface area contributed by atoms with E-state index in [0.29, 0.717) is 5.88 Å². The molecule has 1 aliphatic heterocycles. The Morgan fingerprint density at radius 3 is 2.66 bits per heavy atom. The third-order valence-corrected chi connectivity index (χ3v) is 5.65. The van der Waals surface area contributed by atoms with Crippen LogP contribution in [0.15, 0.2) is 54.9 Å². The number of imidazole rings is 1. The minimum absolute atomic E-state index is 0.621. The number of pyridine rings is 2. The zero-order valence-corrected chi connectivity index (χ0v) is 17.0. The highest BCUT2D eigenvalue weighted by atomic mass is 16.5. The second-order valence-electron chi connectivity index (χ2n) is 7.66. The van der Waals surface area contributed by atoms with Gasteiger partial charge in [-0.2, -0.15) is 0 Å². The Kier molecular flexibility index (Phi) is 4.23. The zero-order valence-electron chi connectivity index (χ0n) is 17.0. The molecule has 146 valence electrons. The number of hydrogen-bond acceptors (Lipinski definition) is 4. The number of anilines is 2. The van der Waals surface area contributed by atoms with Gasteiger partial charge in [-0.25, -0.2) is 9.97 Å². The van der Waals surface area contributed by atoms with E-state index >= 15 is 0 Å². The molecule has 4 aromatic rings. The molecule has 0 radical (unpaired) electrons. The van der Waals surface area contributed by atoms with E-state index in [2.05, 4.69) is 64.7 Å². The van der Waals surface area contributed by atoms with Crippen molar-refractivity contribution in [3.63, 3.8) is 0 Å². The van der Waals surface area contributed by atoms with E-state index in [-0.39, 0.29) is 0 Å². The van der Waals surface area contributed by atoms with Crippen LogP contribution in [0.1, 0.15) is 23.2 Å². The number of aromatic nitrogens is 3. The maximum absolute atomic E-state index is 5.19. The third-order valence-electron chi connectivity index (χ3n) is 5.65. The van der Waals surface area contributed by atoms with Crippen LogP contribution in [-0.4, -0.2) is 28.0 Å². The van der Waals surface area contributed by atoms with Gasteiger partial charge in [0.05, 0.1) is 12.8 Å². The first-order chi connectivity index (χ1) is 14.1. The van der Waals surface area contributed by atoms with Gasteiger partial charge in [-0.05, 0) is 62.1 Å². The highest BCUT2D eigenvalue weighted by Crippen LogP contribution is 2.37. The second kappa shape index (κ2) is 6.92. The van der Waals surface area contributed by atoms with Crippen LogP contribution in [-0.2, 0) is 6.42 Å². The van der Waals surface area contributed by atoms with Gasteiger partial charge in [-0.3, -0.25) is 4.40 Å². The maximum atomic E-state index is 5.19. The van der Waals surface area contributed by atoms with Crippen LogP contribution in [0, 0.1) is 13.8 Å². The number of fused-ring (bicyclic) bond motifs is 3. The van der Waals surface area contributed by atoms with E-state index in [1.165, 1.54) is 28.3 Å². The van der Waals surface area contributed by atoms with Crippen molar-refractivity contribution in [2.75, 3.05) is 18.6 Å². The van der Waals surface area contributed by atoms with Crippen molar-refractivity contribution in [2.24, 2.45) is 0 Å². The number of methoxy groups -OCH3 is 1. The normalized spacial score (nSPS) is 13.6. The average Bonchev–Trinajstić information content (AvgIpc) is 3.13. The predicted molar refractivity (Wildman–Crippen MR) is 116 cm³/mol. The summed E-state index contributed by atoms with van der Waals surface area (Å²) in [6.45, 7) is 5.33. The summed E-state index contributed by atoms with van der Waals surface area (Å²) in [7, 11) is 1.63. The van der Waals surface area contributed by atoms with Gasteiger partial charge in [0.15, 0.2) is 0 Å². The smallest absolute Gasteiger partial charge is 0.212 e. The summed E-state index contributed by atoms with van der Waals surface area (Å²) in [5, 5.41) is 0. The van der Waals surface area contributed by atoms with Crippen molar-refractivity contribution in [2.45, 2.75) is 26.7 Å². The molecule has 4 heterocycles.